The van der Waals surface area contributed by atoms with Crippen LogP contribution in [-0.4, -0.2) is 30.6 Å². The van der Waals surface area contributed by atoms with Crippen molar-refractivity contribution in [2.24, 2.45) is 5.73 Å². The Bertz CT molecular complexity index is 345. The van der Waals surface area contributed by atoms with Crippen LogP contribution in [0.5, 0.6) is 0 Å². The molecule has 1 fully saturated rings. The van der Waals surface area contributed by atoms with Crippen molar-refractivity contribution >= 4 is 0 Å². The van der Waals surface area contributed by atoms with Crippen LogP contribution >= 0.6 is 0 Å². The van der Waals surface area contributed by atoms with Gasteiger partial charge < -0.3 is 5.73 Å². The van der Waals surface area contributed by atoms with Gasteiger partial charge in [-0.3, -0.25) is 4.90 Å². The molecule has 0 spiro atoms. The lowest BCUT2D eigenvalue weighted by Crippen LogP contribution is -2.47. The lowest BCUT2D eigenvalue weighted by Gasteiger charge is -2.40. The minimum atomic E-state index is 0.519. The molecule has 100 valence electrons. The minimum Gasteiger partial charge on any atom is -0.329 e. The van der Waals surface area contributed by atoms with E-state index in [1.807, 2.05) is 0 Å². The van der Waals surface area contributed by atoms with E-state index in [1.54, 1.807) is 0 Å². The van der Waals surface area contributed by atoms with Crippen LogP contribution in [-0.2, 0) is 0 Å². The molecule has 0 aliphatic heterocycles. The van der Waals surface area contributed by atoms with Gasteiger partial charge in [0.1, 0.15) is 0 Å². The van der Waals surface area contributed by atoms with Gasteiger partial charge in [0.05, 0.1) is 0 Å². The van der Waals surface area contributed by atoms with Crippen molar-refractivity contribution in [1.82, 2.24) is 4.90 Å². The molecule has 2 N–H and O–H groups in total. The first-order valence-corrected chi connectivity index (χ1v) is 7.19. The molecule has 1 saturated carbocycles. The number of hydrogen-bond acceptors (Lipinski definition) is 2. The van der Waals surface area contributed by atoms with Crippen molar-refractivity contribution in [2.45, 2.75) is 50.6 Å². The first kappa shape index (κ1) is 13.6. The molecule has 1 aliphatic carbocycles. The Morgan fingerprint density at radius 3 is 2.44 bits per heavy atom. The largest absolute Gasteiger partial charge is 0.329 e. The highest BCUT2D eigenvalue weighted by Gasteiger charge is 2.27. The molecule has 1 aromatic rings. The molecule has 1 aromatic carbocycles. The molecule has 1 aliphatic rings. The van der Waals surface area contributed by atoms with Crippen LogP contribution in [0.2, 0.25) is 0 Å². The normalized spacial score (nSPS) is 19.6. The summed E-state index contributed by atoms with van der Waals surface area (Å²) in [6.07, 6.45) is 5.26. The van der Waals surface area contributed by atoms with Gasteiger partial charge in [0.2, 0.25) is 0 Å². The van der Waals surface area contributed by atoms with Gasteiger partial charge in [0, 0.05) is 18.6 Å². The van der Waals surface area contributed by atoms with Crippen LogP contribution in [0.4, 0.5) is 0 Å². The predicted molar refractivity (Wildman–Crippen MR) is 77.7 cm³/mol. The molecule has 18 heavy (non-hydrogen) atoms. The first-order valence-electron chi connectivity index (χ1n) is 7.19. The molecular weight excluding hydrogens is 220 g/mol. The Labute approximate surface area is 111 Å². The summed E-state index contributed by atoms with van der Waals surface area (Å²) in [5, 5.41) is 0. The monoisotopic (exact) mass is 246 g/mol. The van der Waals surface area contributed by atoms with E-state index in [1.165, 1.54) is 24.8 Å². The Morgan fingerprint density at radius 1 is 1.28 bits per heavy atom. The van der Waals surface area contributed by atoms with E-state index < -0.39 is 0 Å². The number of likely N-dealkylation sites (N-methyl/N-ethyl adjacent to an activating group) is 1. The molecule has 0 bridgehead atoms. The number of nitrogens with two attached hydrogens (primary N) is 1. The summed E-state index contributed by atoms with van der Waals surface area (Å²) in [6, 6.07) is 12.1. The summed E-state index contributed by atoms with van der Waals surface area (Å²) >= 11 is 0. The first-order chi connectivity index (χ1) is 8.72. The predicted octanol–water partition coefficient (Wildman–Crippen LogP) is 2.99. The Balaban J connectivity index is 1.93. The third kappa shape index (κ3) is 3.12. The van der Waals surface area contributed by atoms with Gasteiger partial charge in [0.15, 0.2) is 0 Å². The van der Waals surface area contributed by atoms with Crippen LogP contribution in [0.15, 0.2) is 30.3 Å². The summed E-state index contributed by atoms with van der Waals surface area (Å²) in [6.45, 7) is 3.08. The summed E-state index contributed by atoms with van der Waals surface area (Å²) in [5.74, 6) is 0.585. The van der Waals surface area contributed by atoms with Crippen molar-refractivity contribution in [3.05, 3.63) is 35.9 Å². The van der Waals surface area contributed by atoms with E-state index in [-0.39, 0.29) is 0 Å². The topological polar surface area (TPSA) is 29.3 Å². The second-order valence-electron chi connectivity index (χ2n) is 5.69. The average Bonchev–Trinajstić information content (AvgIpc) is 2.34. The molecule has 0 radical (unpaired) electrons. The quantitative estimate of drug-likeness (QED) is 0.836. The van der Waals surface area contributed by atoms with Crippen molar-refractivity contribution < 1.29 is 0 Å². The highest BCUT2D eigenvalue weighted by atomic mass is 15.2. The number of nitrogens with zero attached hydrogens (tertiary/aromatic N) is 1. The number of rotatable bonds is 6. The van der Waals surface area contributed by atoms with Crippen molar-refractivity contribution in [2.75, 3.05) is 13.6 Å². The molecule has 0 aromatic heterocycles. The number of hydrogen-bond donors (Lipinski definition) is 1. The summed E-state index contributed by atoms with van der Waals surface area (Å²) < 4.78 is 0. The van der Waals surface area contributed by atoms with Crippen LogP contribution in [0.3, 0.4) is 0 Å². The number of benzene rings is 1. The fraction of sp³-hybridized carbons (Fsp3) is 0.625. The fourth-order valence-corrected chi connectivity index (χ4v) is 2.85. The molecule has 0 amide bonds. The van der Waals surface area contributed by atoms with E-state index in [0.29, 0.717) is 12.0 Å². The van der Waals surface area contributed by atoms with Gasteiger partial charge >= 0.3 is 0 Å². The van der Waals surface area contributed by atoms with Gasteiger partial charge in [-0.15, -0.1) is 0 Å². The van der Waals surface area contributed by atoms with Crippen molar-refractivity contribution in [3.63, 3.8) is 0 Å². The Hall–Kier alpha value is -0.860. The molecule has 0 saturated heterocycles. The van der Waals surface area contributed by atoms with Gasteiger partial charge in [-0.2, -0.15) is 0 Å². The highest BCUT2D eigenvalue weighted by molar-refractivity contribution is 5.19. The van der Waals surface area contributed by atoms with E-state index in [4.69, 9.17) is 5.73 Å². The van der Waals surface area contributed by atoms with Crippen LogP contribution in [0, 0.1) is 0 Å². The smallest absolute Gasteiger partial charge is 0.0224 e. The fourth-order valence-electron chi connectivity index (χ4n) is 2.85. The maximum absolute atomic E-state index is 5.97. The van der Waals surface area contributed by atoms with Crippen molar-refractivity contribution in [1.29, 1.82) is 0 Å². The molecule has 2 atom stereocenters. The molecular formula is C16H26N2. The van der Waals surface area contributed by atoms with Gasteiger partial charge in [-0.05, 0) is 37.8 Å². The van der Waals surface area contributed by atoms with Gasteiger partial charge in [0.25, 0.3) is 0 Å². The van der Waals surface area contributed by atoms with Crippen molar-refractivity contribution in [3.8, 4) is 0 Å². The van der Waals surface area contributed by atoms with Crippen LogP contribution < -0.4 is 5.73 Å². The minimum absolute atomic E-state index is 0.519. The van der Waals surface area contributed by atoms with E-state index in [0.717, 1.165) is 19.0 Å². The molecule has 0 heterocycles. The molecule has 2 heteroatoms. The zero-order valence-electron chi connectivity index (χ0n) is 11.7. The van der Waals surface area contributed by atoms with Crippen LogP contribution in [0.25, 0.3) is 0 Å². The maximum atomic E-state index is 5.97. The lowest BCUT2D eigenvalue weighted by atomic mass is 9.88. The second kappa shape index (κ2) is 6.35. The summed E-state index contributed by atoms with van der Waals surface area (Å²) in [7, 11) is 2.25. The van der Waals surface area contributed by atoms with Gasteiger partial charge in [-0.25, -0.2) is 0 Å². The molecule has 2 nitrogen and oxygen atoms in total. The molecule has 2 rings (SSSR count). The van der Waals surface area contributed by atoms with Crippen LogP contribution in [0.1, 0.15) is 44.1 Å². The Morgan fingerprint density at radius 2 is 1.94 bits per heavy atom. The standard InChI is InChI=1S/C16H26N2/c1-13(14-7-4-3-5-8-14)11-16(12-17)18(2)15-9-6-10-15/h3-5,7-8,13,15-16H,6,9-12,17H2,1-2H3. The lowest BCUT2D eigenvalue weighted by molar-refractivity contribution is 0.105. The zero-order valence-corrected chi connectivity index (χ0v) is 11.7. The maximum Gasteiger partial charge on any atom is 0.0224 e. The summed E-state index contributed by atoms with van der Waals surface area (Å²) in [4.78, 5) is 2.52. The second-order valence-corrected chi connectivity index (χ2v) is 5.69. The SMILES string of the molecule is CC(CC(CN)N(C)C1CCC1)c1ccccc1. The highest BCUT2D eigenvalue weighted by Crippen LogP contribution is 2.28. The van der Waals surface area contributed by atoms with E-state index in [9.17, 15) is 0 Å². The zero-order chi connectivity index (χ0) is 13.0. The van der Waals surface area contributed by atoms with Gasteiger partial charge in [-0.1, -0.05) is 43.7 Å². The third-order valence-electron chi connectivity index (χ3n) is 4.49. The average molecular weight is 246 g/mol. The third-order valence-corrected chi connectivity index (χ3v) is 4.49. The molecule has 2 unspecified atom stereocenters. The summed E-state index contributed by atoms with van der Waals surface area (Å²) in [5.41, 5.74) is 7.40. The van der Waals surface area contributed by atoms with E-state index in [2.05, 4.69) is 49.2 Å². The Kier molecular flexibility index (Phi) is 4.79. The van der Waals surface area contributed by atoms with E-state index >= 15 is 0 Å².